The SMILES string of the molecule is CN(C)c1ccc(C=CC=C2CCCC2=O)cc1. The summed E-state index contributed by atoms with van der Waals surface area (Å²) in [7, 11) is 4.06. The van der Waals surface area contributed by atoms with E-state index < -0.39 is 0 Å². The zero-order chi connectivity index (χ0) is 13.0. The zero-order valence-electron chi connectivity index (χ0n) is 11.0. The van der Waals surface area contributed by atoms with Crippen molar-refractivity contribution in [2.24, 2.45) is 0 Å². The molecule has 1 aliphatic carbocycles. The number of nitrogens with zero attached hydrogens (tertiary/aromatic N) is 1. The molecule has 0 bridgehead atoms. The Bertz CT molecular complexity index is 480. The molecule has 1 aromatic carbocycles. The van der Waals surface area contributed by atoms with E-state index in [4.69, 9.17) is 0 Å². The van der Waals surface area contributed by atoms with Gasteiger partial charge in [-0.3, -0.25) is 4.79 Å². The van der Waals surface area contributed by atoms with Crippen LogP contribution in [-0.4, -0.2) is 19.9 Å². The second-order valence-electron chi connectivity index (χ2n) is 4.81. The number of ketones is 1. The summed E-state index contributed by atoms with van der Waals surface area (Å²) in [5, 5.41) is 0. The highest BCUT2D eigenvalue weighted by Gasteiger charge is 2.15. The van der Waals surface area contributed by atoms with Crippen LogP contribution in [-0.2, 0) is 4.79 Å². The van der Waals surface area contributed by atoms with Crippen molar-refractivity contribution in [3.8, 4) is 0 Å². The smallest absolute Gasteiger partial charge is 0.158 e. The Kier molecular flexibility index (Phi) is 3.98. The van der Waals surface area contributed by atoms with Gasteiger partial charge in [0.05, 0.1) is 0 Å². The van der Waals surface area contributed by atoms with E-state index in [1.165, 1.54) is 5.69 Å². The second-order valence-corrected chi connectivity index (χ2v) is 4.81. The Labute approximate surface area is 109 Å². The van der Waals surface area contributed by atoms with Crippen molar-refractivity contribution < 1.29 is 4.79 Å². The molecule has 0 spiro atoms. The number of carbonyl (C=O) groups excluding carboxylic acids is 1. The Morgan fingerprint density at radius 1 is 1.11 bits per heavy atom. The van der Waals surface area contributed by atoms with Crippen LogP contribution >= 0.6 is 0 Å². The molecule has 2 nitrogen and oxygen atoms in total. The summed E-state index contributed by atoms with van der Waals surface area (Å²) in [6, 6.07) is 8.35. The second kappa shape index (κ2) is 5.67. The predicted octanol–water partition coefficient (Wildman–Crippen LogP) is 3.45. The van der Waals surface area contributed by atoms with Crippen LogP contribution in [0.2, 0.25) is 0 Å². The van der Waals surface area contributed by atoms with Crippen molar-refractivity contribution in [3.63, 3.8) is 0 Å². The highest BCUT2D eigenvalue weighted by Crippen LogP contribution is 2.20. The third kappa shape index (κ3) is 3.10. The first-order valence-corrected chi connectivity index (χ1v) is 6.34. The van der Waals surface area contributed by atoms with Crippen molar-refractivity contribution in [3.05, 3.63) is 47.6 Å². The lowest BCUT2D eigenvalue weighted by Gasteiger charge is -2.11. The van der Waals surface area contributed by atoms with E-state index >= 15 is 0 Å². The van der Waals surface area contributed by atoms with Gasteiger partial charge in [-0.2, -0.15) is 0 Å². The van der Waals surface area contributed by atoms with Crippen molar-refractivity contribution in [2.45, 2.75) is 19.3 Å². The van der Waals surface area contributed by atoms with Crippen LogP contribution < -0.4 is 4.90 Å². The average Bonchev–Trinajstić information content (AvgIpc) is 2.76. The molecule has 0 unspecified atom stereocenters. The summed E-state index contributed by atoms with van der Waals surface area (Å²) in [5.74, 6) is 0.308. The van der Waals surface area contributed by atoms with E-state index in [0.717, 1.165) is 30.4 Å². The number of benzene rings is 1. The lowest BCUT2D eigenvalue weighted by atomic mass is 10.1. The van der Waals surface area contributed by atoms with Crippen LogP contribution in [0.15, 0.2) is 42.0 Å². The van der Waals surface area contributed by atoms with Gasteiger partial charge in [-0.05, 0) is 36.1 Å². The lowest BCUT2D eigenvalue weighted by molar-refractivity contribution is -0.114. The van der Waals surface area contributed by atoms with E-state index in [2.05, 4.69) is 29.2 Å². The highest BCUT2D eigenvalue weighted by atomic mass is 16.1. The van der Waals surface area contributed by atoms with Crippen molar-refractivity contribution in [1.82, 2.24) is 0 Å². The fourth-order valence-corrected chi connectivity index (χ4v) is 2.07. The van der Waals surface area contributed by atoms with Crippen molar-refractivity contribution >= 4 is 17.5 Å². The average molecular weight is 241 g/mol. The molecule has 0 heterocycles. The number of Topliss-reactive ketones (excluding diaryl/α,β-unsaturated/α-hetero) is 1. The molecule has 0 atom stereocenters. The molecule has 0 saturated heterocycles. The number of anilines is 1. The Morgan fingerprint density at radius 3 is 2.39 bits per heavy atom. The largest absolute Gasteiger partial charge is 0.378 e. The molecule has 1 aliphatic rings. The zero-order valence-corrected chi connectivity index (χ0v) is 11.0. The first-order chi connectivity index (χ1) is 8.66. The lowest BCUT2D eigenvalue weighted by Crippen LogP contribution is -2.07. The minimum absolute atomic E-state index is 0.308. The van der Waals surface area contributed by atoms with Crippen molar-refractivity contribution in [2.75, 3.05) is 19.0 Å². The maximum absolute atomic E-state index is 11.4. The quantitative estimate of drug-likeness (QED) is 0.755. The maximum Gasteiger partial charge on any atom is 0.158 e. The fourth-order valence-electron chi connectivity index (χ4n) is 2.07. The van der Waals surface area contributed by atoms with Crippen LogP contribution in [0.4, 0.5) is 5.69 Å². The molecule has 1 fully saturated rings. The monoisotopic (exact) mass is 241 g/mol. The van der Waals surface area contributed by atoms with Crippen LogP contribution in [0.1, 0.15) is 24.8 Å². The van der Waals surface area contributed by atoms with E-state index in [1.807, 2.05) is 32.3 Å². The van der Waals surface area contributed by atoms with E-state index in [9.17, 15) is 4.79 Å². The third-order valence-corrected chi connectivity index (χ3v) is 3.20. The summed E-state index contributed by atoms with van der Waals surface area (Å²) in [6.45, 7) is 0. The molecular weight excluding hydrogens is 222 g/mol. The highest BCUT2D eigenvalue weighted by molar-refractivity contribution is 5.97. The minimum Gasteiger partial charge on any atom is -0.378 e. The van der Waals surface area contributed by atoms with E-state index in [1.54, 1.807) is 0 Å². The third-order valence-electron chi connectivity index (χ3n) is 3.20. The molecule has 0 N–H and O–H groups in total. The van der Waals surface area contributed by atoms with Crippen molar-refractivity contribution in [1.29, 1.82) is 0 Å². The molecule has 18 heavy (non-hydrogen) atoms. The van der Waals surface area contributed by atoms with Crippen LogP contribution in [0.3, 0.4) is 0 Å². The van der Waals surface area contributed by atoms with Gasteiger partial charge in [0.2, 0.25) is 0 Å². The first kappa shape index (κ1) is 12.6. The molecule has 0 aromatic heterocycles. The number of hydrogen-bond donors (Lipinski definition) is 0. The van der Waals surface area contributed by atoms with Gasteiger partial charge in [-0.25, -0.2) is 0 Å². The number of carbonyl (C=O) groups is 1. The van der Waals surface area contributed by atoms with Gasteiger partial charge in [0.25, 0.3) is 0 Å². The molecule has 0 radical (unpaired) electrons. The molecule has 2 heteroatoms. The summed E-state index contributed by atoms with van der Waals surface area (Å²) in [4.78, 5) is 13.5. The normalized spacial score (nSPS) is 17.9. The van der Waals surface area contributed by atoms with Gasteiger partial charge >= 0.3 is 0 Å². The molecule has 94 valence electrons. The molecule has 0 amide bonds. The standard InChI is InChI=1S/C16H19NO/c1-17(2)15-11-9-13(10-12-15)5-3-6-14-7-4-8-16(14)18/h3,5-6,9-12H,4,7-8H2,1-2H3. The van der Waals surface area contributed by atoms with Crippen LogP contribution in [0, 0.1) is 0 Å². The van der Waals surface area contributed by atoms with Gasteiger partial charge in [-0.1, -0.05) is 30.4 Å². The summed E-state index contributed by atoms with van der Waals surface area (Å²) >= 11 is 0. The number of allylic oxidation sites excluding steroid dienone is 3. The summed E-state index contributed by atoms with van der Waals surface area (Å²) in [6.07, 6.45) is 8.63. The Morgan fingerprint density at radius 2 is 1.83 bits per heavy atom. The molecule has 2 rings (SSSR count). The number of rotatable bonds is 3. The van der Waals surface area contributed by atoms with Gasteiger partial charge < -0.3 is 4.90 Å². The molecule has 1 aromatic rings. The molecule has 0 aliphatic heterocycles. The van der Waals surface area contributed by atoms with Gasteiger partial charge in [0.1, 0.15) is 0 Å². The first-order valence-electron chi connectivity index (χ1n) is 6.34. The minimum atomic E-state index is 0.308. The Hall–Kier alpha value is -1.83. The topological polar surface area (TPSA) is 20.3 Å². The predicted molar refractivity (Wildman–Crippen MR) is 76.7 cm³/mol. The molecular formula is C16H19NO. The summed E-state index contributed by atoms with van der Waals surface area (Å²) < 4.78 is 0. The van der Waals surface area contributed by atoms with Crippen LogP contribution in [0.5, 0.6) is 0 Å². The summed E-state index contributed by atoms with van der Waals surface area (Å²) in [5.41, 5.74) is 3.32. The van der Waals surface area contributed by atoms with E-state index in [0.29, 0.717) is 5.78 Å². The maximum atomic E-state index is 11.4. The fraction of sp³-hybridized carbons (Fsp3) is 0.312. The van der Waals surface area contributed by atoms with E-state index in [-0.39, 0.29) is 0 Å². The van der Waals surface area contributed by atoms with Crippen LogP contribution in [0.25, 0.3) is 6.08 Å². The number of hydrogen-bond acceptors (Lipinski definition) is 2. The molecule has 1 saturated carbocycles. The van der Waals surface area contributed by atoms with Gasteiger partial charge in [0.15, 0.2) is 5.78 Å². The van der Waals surface area contributed by atoms with Gasteiger partial charge in [0, 0.05) is 26.2 Å². The van der Waals surface area contributed by atoms with Gasteiger partial charge in [-0.15, -0.1) is 0 Å². The Balaban J connectivity index is 2.03.